The Kier molecular flexibility index (Phi) is 7.14. The number of rotatable bonds is 8. The van der Waals surface area contributed by atoms with E-state index < -0.39 is 0 Å². The van der Waals surface area contributed by atoms with Gasteiger partial charge in [-0.3, -0.25) is 9.78 Å². The first-order chi connectivity index (χ1) is 16.4. The highest BCUT2D eigenvalue weighted by molar-refractivity contribution is 7.80. The summed E-state index contributed by atoms with van der Waals surface area (Å²) in [5.74, 6) is 0.284. The van der Waals surface area contributed by atoms with Crippen molar-refractivity contribution in [1.29, 1.82) is 0 Å². The highest BCUT2D eigenvalue weighted by Crippen LogP contribution is 2.43. The molecule has 0 radical (unpaired) electrons. The SMILES string of the molecule is COCC(=O)Nc1cc(N2C(=S)NC(c3ccccn3)C2c2ccn(C(C)C)c2)ccc1OC. The lowest BCUT2D eigenvalue weighted by Crippen LogP contribution is -2.29. The third-order valence-corrected chi connectivity index (χ3v) is 6.10. The van der Waals surface area contributed by atoms with Gasteiger partial charge in [0, 0.05) is 37.4 Å². The molecule has 0 aliphatic carbocycles. The van der Waals surface area contributed by atoms with Crippen LogP contribution in [0.5, 0.6) is 5.75 Å². The second kappa shape index (κ2) is 10.2. The van der Waals surface area contributed by atoms with Crippen LogP contribution in [0.15, 0.2) is 61.1 Å². The van der Waals surface area contributed by atoms with Gasteiger partial charge >= 0.3 is 0 Å². The minimum atomic E-state index is -0.267. The molecule has 0 bridgehead atoms. The van der Waals surface area contributed by atoms with Crippen LogP contribution < -0.4 is 20.3 Å². The van der Waals surface area contributed by atoms with Gasteiger partial charge < -0.3 is 29.6 Å². The van der Waals surface area contributed by atoms with E-state index in [1.165, 1.54) is 7.11 Å². The minimum Gasteiger partial charge on any atom is -0.495 e. The van der Waals surface area contributed by atoms with Gasteiger partial charge in [-0.15, -0.1) is 0 Å². The molecule has 1 fully saturated rings. The van der Waals surface area contributed by atoms with E-state index >= 15 is 0 Å². The number of thiocarbonyl (C=S) groups is 1. The lowest BCUT2D eigenvalue weighted by molar-refractivity contribution is -0.119. The lowest BCUT2D eigenvalue weighted by Gasteiger charge is -2.28. The summed E-state index contributed by atoms with van der Waals surface area (Å²) < 4.78 is 12.6. The molecule has 1 amide bonds. The fourth-order valence-electron chi connectivity index (χ4n) is 4.16. The summed E-state index contributed by atoms with van der Waals surface area (Å²) in [6, 6.07) is 13.7. The molecule has 1 aliphatic rings. The Morgan fingerprint density at radius 3 is 2.71 bits per heavy atom. The highest BCUT2D eigenvalue weighted by atomic mass is 32.1. The average molecular weight is 480 g/mol. The number of pyridine rings is 1. The molecule has 0 saturated carbocycles. The van der Waals surface area contributed by atoms with Gasteiger partial charge in [0.25, 0.3) is 0 Å². The smallest absolute Gasteiger partial charge is 0.250 e. The van der Waals surface area contributed by atoms with Crippen molar-refractivity contribution in [3.8, 4) is 5.75 Å². The van der Waals surface area contributed by atoms with Crippen LogP contribution in [0.1, 0.15) is 43.2 Å². The average Bonchev–Trinajstić information content (AvgIpc) is 3.44. The first kappa shape index (κ1) is 23.7. The van der Waals surface area contributed by atoms with E-state index in [1.54, 1.807) is 13.3 Å². The predicted octanol–water partition coefficient (Wildman–Crippen LogP) is 4.23. The van der Waals surface area contributed by atoms with Crippen LogP contribution in [0.25, 0.3) is 0 Å². The summed E-state index contributed by atoms with van der Waals surface area (Å²) in [6.45, 7) is 4.24. The van der Waals surface area contributed by atoms with Gasteiger partial charge in [0.15, 0.2) is 5.11 Å². The largest absolute Gasteiger partial charge is 0.495 e. The standard InChI is InChI=1S/C25H29N5O3S/c1-16(2)29-12-10-17(14-29)24-23(19-7-5-6-11-26-19)28-25(34)30(24)18-8-9-21(33-4)20(13-18)27-22(31)15-32-3/h5-14,16,23-24H,15H2,1-4H3,(H,27,31)(H,28,34). The van der Waals surface area contributed by atoms with E-state index in [-0.39, 0.29) is 24.6 Å². The molecule has 3 aromatic rings. The topological polar surface area (TPSA) is 80.7 Å². The molecular weight excluding hydrogens is 450 g/mol. The van der Waals surface area contributed by atoms with Gasteiger partial charge in [-0.2, -0.15) is 0 Å². The van der Waals surface area contributed by atoms with Crippen molar-refractivity contribution in [3.63, 3.8) is 0 Å². The normalized spacial score (nSPS) is 17.7. The molecule has 2 aromatic heterocycles. The van der Waals surface area contributed by atoms with Crippen LogP contribution in [0, 0.1) is 0 Å². The maximum absolute atomic E-state index is 12.2. The second-order valence-corrected chi connectivity index (χ2v) is 8.73. The van der Waals surface area contributed by atoms with E-state index in [2.05, 4.69) is 57.4 Å². The van der Waals surface area contributed by atoms with Crippen LogP contribution in [0.3, 0.4) is 0 Å². The zero-order valence-electron chi connectivity index (χ0n) is 19.7. The van der Waals surface area contributed by atoms with Crippen molar-refractivity contribution in [1.82, 2.24) is 14.9 Å². The summed E-state index contributed by atoms with van der Waals surface area (Å²) in [5.41, 5.74) is 3.38. The molecule has 1 saturated heterocycles. The number of amides is 1. The van der Waals surface area contributed by atoms with Crippen LogP contribution in [0.2, 0.25) is 0 Å². The molecule has 178 valence electrons. The molecule has 0 spiro atoms. The Hall–Kier alpha value is -3.43. The van der Waals surface area contributed by atoms with Crippen LogP contribution in [0.4, 0.5) is 11.4 Å². The molecule has 2 atom stereocenters. The number of hydrogen-bond donors (Lipinski definition) is 2. The highest BCUT2D eigenvalue weighted by Gasteiger charge is 2.41. The summed E-state index contributed by atoms with van der Waals surface area (Å²) >= 11 is 5.81. The summed E-state index contributed by atoms with van der Waals surface area (Å²) in [4.78, 5) is 18.9. The van der Waals surface area contributed by atoms with Crippen molar-refractivity contribution < 1.29 is 14.3 Å². The van der Waals surface area contributed by atoms with E-state index in [1.807, 2.05) is 36.4 Å². The number of hydrogen-bond acceptors (Lipinski definition) is 5. The molecule has 34 heavy (non-hydrogen) atoms. The number of benzene rings is 1. The van der Waals surface area contributed by atoms with Crippen molar-refractivity contribution in [3.05, 3.63) is 72.3 Å². The number of anilines is 2. The van der Waals surface area contributed by atoms with Crippen LogP contribution >= 0.6 is 12.2 Å². The molecule has 1 aromatic carbocycles. The molecule has 9 heteroatoms. The third-order valence-electron chi connectivity index (χ3n) is 5.78. The van der Waals surface area contributed by atoms with E-state index in [0.717, 1.165) is 16.9 Å². The fourth-order valence-corrected chi connectivity index (χ4v) is 4.51. The Bertz CT molecular complexity index is 1160. The molecular formula is C25H29N5O3S. The van der Waals surface area contributed by atoms with E-state index in [0.29, 0.717) is 22.6 Å². The number of aromatic nitrogens is 2. The second-order valence-electron chi connectivity index (χ2n) is 8.35. The molecule has 1 aliphatic heterocycles. The third kappa shape index (κ3) is 4.76. The summed E-state index contributed by atoms with van der Waals surface area (Å²) in [7, 11) is 3.05. The van der Waals surface area contributed by atoms with Gasteiger partial charge in [-0.05, 0) is 68.0 Å². The first-order valence-corrected chi connectivity index (χ1v) is 11.5. The number of nitrogens with zero attached hydrogens (tertiary/aromatic N) is 3. The molecule has 2 unspecified atom stereocenters. The molecule has 2 N–H and O–H groups in total. The quantitative estimate of drug-likeness (QED) is 0.468. The van der Waals surface area contributed by atoms with Gasteiger partial charge in [-0.1, -0.05) is 6.07 Å². The maximum atomic E-state index is 12.2. The monoisotopic (exact) mass is 479 g/mol. The Morgan fingerprint density at radius 1 is 1.24 bits per heavy atom. The fraction of sp³-hybridized carbons (Fsp3) is 0.320. The number of carbonyl (C=O) groups is 1. The van der Waals surface area contributed by atoms with Crippen molar-refractivity contribution in [2.75, 3.05) is 31.0 Å². The Labute approximate surface area is 204 Å². The van der Waals surface area contributed by atoms with Crippen molar-refractivity contribution in [2.45, 2.75) is 32.0 Å². The predicted molar refractivity (Wildman–Crippen MR) is 136 cm³/mol. The summed E-state index contributed by atoms with van der Waals surface area (Å²) in [5, 5.41) is 6.90. The molecule has 4 rings (SSSR count). The number of nitrogens with one attached hydrogen (secondary N) is 2. The Balaban J connectivity index is 1.78. The van der Waals surface area contributed by atoms with Crippen LogP contribution in [-0.4, -0.2) is 41.4 Å². The van der Waals surface area contributed by atoms with Gasteiger partial charge in [0.1, 0.15) is 12.4 Å². The zero-order valence-corrected chi connectivity index (χ0v) is 20.5. The number of ether oxygens (including phenoxy) is 2. The van der Waals surface area contributed by atoms with E-state index in [4.69, 9.17) is 21.7 Å². The summed E-state index contributed by atoms with van der Waals surface area (Å²) in [6.07, 6.45) is 6.02. The molecule has 8 nitrogen and oxygen atoms in total. The van der Waals surface area contributed by atoms with Gasteiger partial charge in [0.2, 0.25) is 5.91 Å². The van der Waals surface area contributed by atoms with E-state index in [9.17, 15) is 4.79 Å². The Morgan fingerprint density at radius 2 is 2.06 bits per heavy atom. The van der Waals surface area contributed by atoms with Gasteiger partial charge in [-0.25, -0.2) is 0 Å². The minimum absolute atomic E-state index is 0.0514. The van der Waals surface area contributed by atoms with Gasteiger partial charge in [0.05, 0.1) is 30.6 Å². The first-order valence-electron chi connectivity index (χ1n) is 11.1. The lowest BCUT2D eigenvalue weighted by atomic mass is 9.98. The number of methoxy groups -OCH3 is 2. The molecule has 3 heterocycles. The maximum Gasteiger partial charge on any atom is 0.250 e. The van der Waals surface area contributed by atoms with Crippen molar-refractivity contribution in [2.24, 2.45) is 0 Å². The van der Waals surface area contributed by atoms with Crippen LogP contribution in [-0.2, 0) is 9.53 Å². The van der Waals surface area contributed by atoms with Crippen molar-refractivity contribution >= 4 is 34.6 Å². The number of carbonyl (C=O) groups excluding carboxylic acids is 1. The zero-order chi connectivity index (χ0) is 24.2.